The molecule has 1 unspecified atom stereocenters. The Morgan fingerprint density at radius 2 is 1.76 bits per heavy atom. The van der Waals surface area contributed by atoms with Crippen LogP contribution in [0.25, 0.3) is 0 Å². The van der Waals surface area contributed by atoms with Crippen LogP contribution in [0.3, 0.4) is 0 Å². The van der Waals surface area contributed by atoms with Crippen molar-refractivity contribution in [2.45, 2.75) is 44.9 Å². The van der Waals surface area contributed by atoms with Crippen LogP contribution in [0.15, 0.2) is 24.3 Å². The summed E-state index contributed by atoms with van der Waals surface area (Å²) in [6.07, 6.45) is 3.40. The number of hydrogen-bond donors (Lipinski definition) is 0. The van der Waals surface area contributed by atoms with Crippen molar-refractivity contribution in [3.8, 4) is 0 Å². The smallest absolute Gasteiger partial charge is 0.293 e. The molecule has 9 nitrogen and oxygen atoms in total. The number of likely N-dealkylation sites (N-methyl/N-ethyl adjacent to an activating group) is 1. The van der Waals surface area contributed by atoms with Gasteiger partial charge in [-0.05, 0) is 30.5 Å². The second kappa shape index (κ2) is 14.2. The number of anilines is 1. The molecule has 2 rings (SSSR count). The number of Topliss-reactive ketones (excluding diaryl/α,β-unsaturated/α-hetero) is 2. The molecule has 1 fully saturated rings. The van der Waals surface area contributed by atoms with E-state index in [0.29, 0.717) is 51.2 Å². The van der Waals surface area contributed by atoms with Gasteiger partial charge in [0.15, 0.2) is 0 Å². The molecule has 0 saturated heterocycles. The largest absolute Gasteiger partial charge is 0.468 e. The number of amides is 2. The molecule has 1 aliphatic carbocycles. The first kappa shape index (κ1) is 27.2. The fourth-order valence-corrected chi connectivity index (χ4v) is 3.73. The minimum Gasteiger partial charge on any atom is -0.468 e. The Kier molecular flexibility index (Phi) is 11.4. The maximum atomic E-state index is 12.6. The van der Waals surface area contributed by atoms with Crippen molar-refractivity contribution in [2.24, 2.45) is 5.92 Å². The van der Waals surface area contributed by atoms with Crippen LogP contribution >= 0.6 is 0 Å². The molecule has 1 aliphatic rings. The molecule has 0 aliphatic heterocycles. The number of rotatable bonds is 14. The molecule has 0 heterocycles. The normalized spacial score (nSPS) is 15.5. The van der Waals surface area contributed by atoms with E-state index in [1.165, 1.54) is 9.80 Å². The number of carbonyl (C=O) groups is 5. The number of ether oxygens (including phenoxy) is 2. The van der Waals surface area contributed by atoms with E-state index in [4.69, 9.17) is 4.74 Å². The minimum atomic E-state index is -0.484. The number of carbonyl (C=O) groups excluding carboxylic acids is 5. The van der Waals surface area contributed by atoms with Crippen molar-refractivity contribution in [2.75, 3.05) is 45.4 Å². The van der Waals surface area contributed by atoms with Gasteiger partial charge in [0.1, 0.15) is 18.0 Å². The second-order valence-electron chi connectivity index (χ2n) is 8.45. The van der Waals surface area contributed by atoms with Gasteiger partial charge >= 0.3 is 0 Å². The van der Waals surface area contributed by atoms with Crippen molar-refractivity contribution in [3.63, 3.8) is 0 Å². The van der Waals surface area contributed by atoms with Gasteiger partial charge in [-0.1, -0.05) is 18.6 Å². The maximum Gasteiger partial charge on any atom is 0.293 e. The molecular formula is C25H34N2O7. The standard InChI is InChI=1S/C25H34N2O7/c1-26(12-15-33-13-5-14-34-18-28)24(31)17-25(32)27(2)20-10-8-19(9-11-20)16-23(30)21-6-3-4-7-22(21)29/h8-11,18,21H,3-7,12-17H2,1-2H3. The van der Waals surface area contributed by atoms with E-state index in [-0.39, 0.29) is 42.8 Å². The lowest BCUT2D eigenvalue weighted by molar-refractivity contribution is -0.136. The zero-order valence-electron chi connectivity index (χ0n) is 20.0. The number of ketones is 2. The van der Waals surface area contributed by atoms with Gasteiger partial charge in [0.25, 0.3) is 6.47 Å². The summed E-state index contributed by atoms with van der Waals surface area (Å²) in [4.78, 5) is 62.3. The third-order valence-electron chi connectivity index (χ3n) is 5.94. The van der Waals surface area contributed by atoms with E-state index in [2.05, 4.69) is 4.74 Å². The third kappa shape index (κ3) is 8.70. The van der Waals surface area contributed by atoms with Gasteiger partial charge in [-0.15, -0.1) is 0 Å². The number of benzene rings is 1. The molecule has 0 aromatic heterocycles. The average molecular weight is 475 g/mol. The Morgan fingerprint density at radius 1 is 1.03 bits per heavy atom. The zero-order valence-corrected chi connectivity index (χ0v) is 20.0. The maximum absolute atomic E-state index is 12.6. The molecule has 0 radical (unpaired) electrons. The third-order valence-corrected chi connectivity index (χ3v) is 5.94. The molecule has 2 amide bonds. The molecule has 9 heteroatoms. The Hall–Kier alpha value is -3.07. The topological polar surface area (TPSA) is 110 Å². The Bertz CT molecular complexity index is 853. The Balaban J connectivity index is 1.76. The first-order valence-corrected chi connectivity index (χ1v) is 11.6. The highest BCUT2D eigenvalue weighted by Crippen LogP contribution is 2.23. The predicted molar refractivity (Wildman–Crippen MR) is 125 cm³/mol. The highest BCUT2D eigenvalue weighted by atomic mass is 16.5. The van der Waals surface area contributed by atoms with Gasteiger partial charge in [-0.3, -0.25) is 24.0 Å². The van der Waals surface area contributed by atoms with Crippen LogP contribution in [0.5, 0.6) is 0 Å². The molecule has 1 saturated carbocycles. The van der Waals surface area contributed by atoms with E-state index in [1.807, 2.05) is 0 Å². The van der Waals surface area contributed by atoms with E-state index >= 15 is 0 Å². The predicted octanol–water partition coefficient (Wildman–Crippen LogP) is 1.95. The SMILES string of the molecule is CN(CCOCCCOC=O)C(=O)CC(=O)N(C)c1ccc(CC(=O)C2CCCCC2=O)cc1. The van der Waals surface area contributed by atoms with Crippen molar-refractivity contribution in [3.05, 3.63) is 29.8 Å². The van der Waals surface area contributed by atoms with Crippen molar-refractivity contribution in [1.29, 1.82) is 0 Å². The van der Waals surface area contributed by atoms with Gasteiger partial charge < -0.3 is 19.3 Å². The summed E-state index contributed by atoms with van der Waals surface area (Å²) in [6, 6.07) is 7.02. The molecular weight excluding hydrogens is 440 g/mol. The molecule has 34 heavy (non-hydrogen) atoms. The van der Waals surface area contributed by atoms with Gasteiger partial charge in [0.2, 0.25) is 11.8 Å². The van der Waals surface area contributed by atoms with Crippen LogP contribution in [0.1, 0.15) is 44.1 Å². The molecule has 1 atom stereocenters. The summed E-state index contributed by atoms with van der Waals surface area (Å²) < 4.78 is 9.94. The molecule has 0 bridgehead atoms. The molecule has 0 N–H and O–H groups in total. The summed E-state index contributed by atoms with van der Waals surface area (Å²) >= 11 is 0. The highest BCUT2D eigenvalue weighted by molar-refractivity contribution is 6.05. The zero-order chi connectivity index (χ0) is 24.9. The van der Waals surface area contributed by atoms with E-state index < -0.39 is 5.92 Å². The molecule has 0 spiro atoms. The number of nitrogens with zero attached hydrogens (tertiary/aromatic N) is 2. The van der Waals surface area contributed by atoms with Gasteiger partial charge in [0.05, 0.1) is 19.1 Å². The fourth-order valence-electron chi connectivity index (χ4n) is 3.73. The van der Waals surface area contributed by atoms with Crippen molar-refractivity contribution in [1.82, 2.24) is 4.90 Å². The Morgan fingerprint density at radius 3 is 2.44 bits per heavy atom. The van der Waals surface area contributed by atoms with Crippen LogP contribution in [0, 0.1) is 5.92 Å². The van der Waals surface area contributed by atoms with E-state index in [0.717, 1.165) is 18.4 Å². The van der Waals surface area contributed by atoms with E-state index in [1.54, 1.807) is 38.4 Å². The average Bonchev–Trinajstić information content (AvgIpc) is 2.83. The summed E-state index contributed by atoms with van der Waals surface area (Å²) in [5, 5.41) is 0. The van der Waals surface area contributed by atoms with Crippen LogP contribution in [0.4, 0.5) is 5.69 Å². The summed E-state index contributed by atoms with van der Waals surface area (Å²) in [7, 11) is 3.21. The first-order valence-electron chi connectivity index (χ1n) is 11.6. The van der Waals surface area contributed by atoms with Crippen LogP contribution in [0.2, 0.25) is 0 Å². The lowest BCUT2D eigenvalue weighted by Gasteiger charge is -2.21. The monoisotopic (exact) mass is 474 g/mol. The van der Waals surface area contributed by atoms with Crippen LogP contribution < -0.4 is 4.90 Å². The van der Waals surface area contributed by atoms with Crippen LogP contribution in [-0.4, -0.2) is 75.2 Å². The van der Waals surface area contributed by atoms with Gasteiger partial charge in [-0.25, -0.2) is 0 Å². The quantitative estimate of drug-likeness (QED) is 0.230. The first-order chi connectivity index (χ1) is 16.3. The van der Waals surface area contributed by atoms with Crippen molar-refractivity contribution >= 4 is 35.5 Å². The number of hydrogen-bond acceptors (Lipinski definition) is 7. The van der Waals surface area contributed by atoms with E-state index in [9.17, 15) is 24.0 Å². The lowest BCUT2D eigenvalue weighted by Crippen LogP contribution is -2.36. The highest BCUT2D eigenvalue weighted by Gasteiger charge is 2.28. The molecule has 1 aromatic carbocycles. The lowest BCUT2D eigenvalue weighted by atomic mass is 9.83. The van der Waals surface area contributed by atoms with Crippen LogP contribution in [-0.2, 0) is 39.9 Å². The molecule has 186 valence electrons. The second-order valence-corrected chi connectivity index (χ2v) is 8.45. The Labute approximate surface area is 200 Å². The van der Waals surface area contributed by atoms with Gasteiger partial charge in [0, 0.05) is 52.2 Å². The fraction of sp³-hybridized carbons (Fsp3) is 0.560. The van der Waals surface area contributed by atoms with Gasteiger partial charge in [-0.2, -0.15) is 0 Å². The molecule has 1 aromatic rings. The van der Waals surface area contributed by atoms with Crippen molar-refractivity contribution < 1.29 is 33.4 Å². The minimum absolute atomic E-state index is 0.0450. The summed E-state index contributed by atoms with van der Waals surface area (Å²) in [5.74, 6) is -1.15. The summed E-state index contributed by atoms with van der Waals surface area (Å²) in [6.45, 7) is 1.75. The summed E-state index contributed by atoms with van der Waals surface area (Å²) in [5.41, 5.74) is 1.41.